The van der Waals surface area contributed by atoms with Crippen molar-refractivity contribution in [2.45, 2.75) is 97.2 Å². The van der Waals surface area contributed by atoms with E-state index in [1.807, 2.05) is 19.9 Å². The zero-order valence-corrected chi connectivity index (χ0v) is 17.6. The largest absolute Gasteiger partial charge is 0.507 e. The van der Waals surface area contributed by atoms with Crippen LogP contribution in [0.3, 0.4) is 0 Å². The van der Waals surface area contributed by atoms with Crippen LogP contribution in [-0.4, -0.2) is 34.2 Å². The van der Waals surface area contributed by atoms with Crippen LogP contribution in [0.25, 0.3) is 0 Å². The molecule has 1 unspecified atom stereocenters. The second kappa shape index (κ2) is 10.1. The number of ether oxygens (including phenoxy) is 1. The smallest absolute Gasteiger partial charge is 0.133 e. The maximum atomic E-state index is 10.6. The molecule has 0 amide bonds. The molecule has 0 fully saturated rings. The number of phenolic OH excluding ortho intramolecular Hbond substituents is 1. The van der Waals surface area contributed by atoms with Crippen molar-refractivity contribution in [1.29, 1.82) is 0 Å². The van der Waals surface area contributed by atoms with E-state index in [0.717, 1.165) is 55.5 Å². The summed E-state index contributed by atoms with van der Waals surface area (Å²) in [5.74, 6) is 0.964. The number of nitrogens with zero attached hydrogens (tertiary/aromatic N) is 1. The van der Waals surface area contributed by atoms with E-state index in [4.69, 9.17) is 9.73 Å². The molecule has 0 saturated heterocycles. The van der Waals surface area contributed by atoms with E-state index in [2.05, 4.69) is 19.9 Å². The molecular formula is C23H37NO3. The maximum absolute atomic E-state index is 10.6. The number of benzene rings is 1. The molecule has 1 aliphatic heterocycles. The fourth-order valence-corrected chi connectivity index (χ4v) is 3.65. The number of aliphatic imine (C=N–C) groups is 1. The zero-order valence-electron chi connectivity index (χ0n) is 17.6. The number of hydrogen-bond acceptors (Lipinski definition) is 4. The lowest BCUT2D eigenvalue weighted by Gasteiger charge is -2.34. The minimum atomic E-state index is -0.422. The van der Waals surface area contributed by atoms with Gasteiger partial charge in [-0.25, -0.2) is 0 Å². The Bertz CT molecular complexity index is 637. The number of unbranched alkanes of at least 4 members (excludes halogenated alkanes) is 4. The minimum Gasteiger partial charge on any atom is -0.507 e. The third-order valence-corrected chi connectivity index (χ3v) is 5.11. The molecule has 0 spiro atoms. The summed E-state index contributed by atoms with van der Waals surface area (Å²) < 4.78 is 6.16. The zero-order chi connectivity index (χ0) is 19.9. The second-order valence-electron chi connectivity index (χ2n) is 8.42. The van der Waals surface area contributed by atoms with Gasteiger partial charge in [0.05, 0.1) is 23.9 Å². The summed E-state index contributed by atoms with van der Waals surface area (Å²) in [6.45, 7) is 8.82. The molecule has 1 aromatic carbocycles. The SMILES string of the molecule is CCCCCc1cc(O)c2c(c1)OC(C)(C)CC2=NCC(O)CCCCC. The number of aliphatic hydroxyl groups excluding tert-OH is 1. The molecule has 0 saturated carbocycles. The monoisotopic (exact) mass is 375 g/mol. The lowest BCUT2D eigenvalue weighted by Crippen LogP contribution is -2.36. The van der Waals surface area contributed by atoms with Gasteiger partial charge in [0.15, 0.2) is 0 Å². The van der Waals surface area contributed by atoms with Crippen LogP contribution in [0.2, 0.25) is 0 Å². The van der Waals surface area contributed by atoms with Gasteiger partial charge in [-0.1, -0.05) is 46.0 Å². The molecule has 152 valence electrons. The van der Waals surface area contributed by atoms with Gasteiger partial charge in [0.1, 0.15) is 17.1 Å². The van der Waals surface area contributed by atoms with Crippen molar-refractivity contribution in [3.05, 3.63) is 23.3 Å². The van der Waals surface area contributed by atoms with Crippen LogP contribution in [0.1, 0.15) is 90.2 Å². The number of fused-ring (bicyclic) bond motifs is 1. The number of aryl methyl sites for hydroxylation is 1. The molecule has 4 nitrogen and oxygen atoms in total. The molecule has 0 radical (unpaired) electrons. The Morgan fingerprint density at radius 1 is 1.11 bits per heavy atom. The van der Waals surface area contributed by atoms with Crippen LogP contribution in [0.5, 0.6) is 11.5 Å². The Kier molecular flexibility index (Phi) is 8.15. The van der Waals surface area contributed by atoms with Gasteiger partial charge in [-0.3, -0.25) is 4.99 Å². The molecule has 1 aromatic rings. The summed E-state index contributed by atoms with van der Waals surface area (Å²) in [4.78, 5) is 4.69. The Balaban J connectivity index is 2.19. The summed E-state index contributed by atoms with van der Waals surface area (Å²) in [5, 5.41) is 20.9. The van der Waals surface area contributed by atoms with Crippen LogP contribution in [0.15, 0.2) is 17.1 Å². The molecule has 2 N–H and O–H groups in total. The molecule has 1 aliphatic rings. The van der Waals surface area contributed by atoms with Crippen LogP contribution in [0, 0.1) is 0 Å². The van der Waals surface area contributed by atoms with Gasteiger partial charge in [0, 0.05) is 6.42 Å². The van der Waals surface area contributed by atoms with Crippen molar-refractivity contribution < 1.29 is 14.9 Å². The van der Waals surface area contributed by atoms with Gasteiger partial charge in [-0.15, -0.1) is 0 Å². The van der Waals surface area contributed by atoms with Crippen LogP contribution < -0.4 is 4.74 Å². The Hall–Kier alpha value is -1.55. The maximum Gasteiger partial charge on any atom is 0.133 e. The molecule has 0 aromatic heterocycles. The summed E-state index contributed by atoms with van der Waals surface area (Å²) in [6, 6.07) is 3.90. The summed E-state index contributed by atoms with van der Waals surface area (Å²) in [6.07, 6.45) is 8.72. The summed E-state index contributed by atoms with van der Waals surface area (Å²) in [5.41, 5.74) is 2.28. The predicted molar refractivity (Wildman–Crippen MR) is 112 cm³/mol. The van der Waals surface area contributed by atoms with E-state index in [9.17, 15) is 10.2 Å². The first-order chi connectivity index (χ1) is 12.9. The summed E-state index contributed by atoms with van der Waals surface area (Å²) in [7, 11) is 0. The average molecular weight is 376 g/mol. The highest BCUT2D eigenvalue weighted by Crippen LogP contribution is 2.39. The lowest BCUT2D eigenvalue weighted by molar-refractivity contribution is 0.110. The van der Waals surface area contributed by atoms with Crippen molar-refractivity contribution in [3.63, 3.8) is 0 Å². The quantitative estimate of drug-likeness (QED) is 0.537. The second-order valence-corrected chi connectivity index (χ2v) is 8.42. The molecule has 1 atom stereocenters. The van der Waals surface area contributed by atoms with Crippen molar-refractivity contribution in [1.82, 2.24) is 0 Å². The lowest BCUT2D eigenvalue weighted by atomic mass is 9.90. The Morgan fingerprint density at radius 2 is 1.81 bits per heavy atom. The van der Waals surface area contributed by atoms with Gasteiger partial charge in [0.25, 0.3) is 0 Å². The highest BCUT2D eigenvalue weighted by atomic mass is 16.5. The van der Waals surface area contributed by atoms with Crippen LogP contribution in [0.4, 0.5) is 0 Å². The van der Waals surface area contributed by atoms with Crippen molar-refractivity contribution >= 4 is 5.71 Å². The van der Waals surface area contributed by atoms with Gasteiger partial charge in [-0.05, 0) is 50.8 Å². The standard InChI is InChI=1S/C23H37NO3/c1-5-7-9-11-17-13-20(26)22-19(15-23(3,4)27-21(22)14-17)24-16-18(25)12-10-8-6-2/h13-14,18,25-26H,5-12,15-16H2,1-4H3. The first-order valence-electron chi connectivity index (χ1n) is 10.6. The third kappa shape index (κ3) is 6.53. The van der Waals surface area contributed by atoms with Crippen LogP contribution in [-0.2, 0) is 6.42 Å². The number of aromatic hydroxyl groups is 1. The summed E-state index contributed by atoms with van der Waals surface area (Å²) >= 11 is 0. The van der Waals surface area contributed by atoms with E-state index in [0.29, 0.717) is 18.5 Å². The molecule has 27 heavy (non-hydrogen) atoms. The molecule has 0 bridgehead atoms. The van der Waals surface area contributed by atoms with E-state index in [1.165, 1.54) is 12.8 Å². The van der Waals surface area contributed by atoms with E-state index in [1.54, 1.807) is 0 Å². The van der Waals surface area contributed by atoms with Crippen molar-refractivity contribution in [3.8, 4) is 11.5 Å². The van der Waals surface area contributed by atoms with Gasteiger partial charge >= 0.3 is 0 Å². The van der Waals surface area contributed by atoms with E-state index < -0.39 is 6.10 Å². The van der Waals surface area contributed by atoms with Crippen molar-refractivity contribution in [2.75, 3.05) is 6.54 Å². The number of aliphatic hydroxyl groups is 1. The molecular weight excluding hydrogens is 338 g/mol. The minimum absolute atomic E-state index is 0.244. The normalized spacial score (nSPS) is 18.2. The molecule has 4 heteroatoms. The molecule has 0 aliphatic carbocycles. The van der Waals surface area contributed by atoms with Gasteiger partial charge < -0.3 is 14.9 Å². The number of hydrogen-bond donors (Lipinski definition) is 2. The van der Waals surface area contributed by atoms with E-state index in [-0.39, 0.29) is 11.4 Å². The average Bonchev–Trinajstić information content (AvgIpc) is 2.58. The first kappa shape index (κ1) is 21.7. The molecule has 1 heterocycles. The van der Waals surface area contributed by atoms with Gasteiger partial charge in [0.2, 0.25) is 0 Å². The highest BCUT2D eigenvalue weighted by Gasteiger charge is 2.33. The fourth-order valence-electron chi connectivity index (χ4n) is 3.65. The topological polar surface area (TPSA) is 62.0 Å². The molecule has 2 rings (SSSR count). The Morgan fingerprint density at radius 3 is 2.52 bits per heavy atom. The third-order valence-electron chi connectivity index (χ3n) is 5.11. The van der Waals surface area contributed by atoms with Gasteiger partial charge in [-0.2, -0.15) is 0 Å². The highest BCUT2D eigenvalue weighted by molar-refractivity contribution is 6.06. The van der Waals surface area contributed by atoms with Crippen molar-refractivity contribution in [2.24, 2.45) is 4.99 Å². The predicted octanol–water partition coefficient (Wildman–Crippen LogP) is 5.42. The van der Waals surface area contributed by atoms with Crippen LogP contribution >= 0.6 is 0 Å². The number of phenols is 1. The number of rotatable bonds is 10. The Labute approximate surface area is 164 Å². The first-order valence-corrected chi connectivity index (χ1v) is 10.6. The fraction of sp³-hybridized carbons (Fsp3) is 0.696. The van der Waals surface area contributed by atoms with E-state index >= 15 is 0 Å².